The van der Waals surface area contributed by atoms with E-state index in [1.54, 1.807) is 6.20 Å². The lowest BCUT2D eigenvalue weighted by atomic mass is 9.76. The van der Waals surface area contributed by atoms with Gasteiger partial charge in [0.05, 0.1) is 12.5 Å². The second kappa shape index (κ2) is 7.78. The van der Waals surface area contributed by atoms with E-state index in [0.29, 0.717) is 19.3 Å². The standard InChI is InChI=1S/C19H25N5O2/c1-11-16(12(2)23-19(20)22-11)10-18(26)24-17(13-7-15(25)8-13)9-14-5-3-4-6-21-14/h3-6,13,15,17,25H,7-10H2,1-2H3,(H,24,26)(H2,20,22,23)/t13?,15?,17-/m1/s1. The Morgan fingerprint density at radius 3 is 2.58 bits per heavy atom. The second-order valence-corrected chi connectivity index (χ2v) is 6.99. The maximum Gasteiger partial charge on any atom is 0.224 e. The van der Waals surface area contributed by atoms with E-state index in [-0.39, 0.29) is 36.3 Å². The quantitative estimate of drug-likeness (QED) is 0.715. The number of amides is 1. The van der Waals surface area contributed by atoms with Gasteiger partial charge in [-0.2, -0.15) is 0 Å². The molecule has 0 bridgehead atoms. The molecule has 26 heavy (non-hydrogen) atoms. The van der Waals surface area contributed by atoms with Crippen LogP contribution in [0.1, 0.15) is 35.5 Å². The van der Waals surface area contributed by atoms with Crippen LogP contribution in [0.2, 0.25) is 0 Å². The maximum atomic E-state index is 12.6. The Balaban J connectivity index is 1.69. The number of nitrogens with zero attached hydrogens (tertiary/aromatic N) is 3. The number of carbonyl (C=O) groups excluding carboxylic acids is 1. The number of aliphatic hydroxyl groups is 1. The molecule has 0 aliphatic heterocycles. The van der Waals surface area contributed by atoms with Gasteiger partial charge in [0.1, 0.15) is 0 Å². The summed E-state index contributed by atoms with van der Waals surface area (Å²) >= 11 is 0. The summed E-state index contributed by atoms with van der Waals surface area (Å²) < 4.78 is 0. The molecule has 7 nitrogen and oxygen atoms in total. The molecule has 2 aromatic rings. The van der Waals surface area contributed by atoms with Crippen LogP contribution in [0.5, 0.6) is 0 Å². The molecule has 138 valence electrons. The van der Waals surface area contributed by atoms with Crippen molar-refractivity contribution in [3.05, 3.63) is 47.0 Å². The Kier molecular flexibility index (Phi) is 5.46. The lowest BCUT2D eigenvalue weighted by Crippen LogP contribution is -2.48. The Morgan fingerprint density at radius 1 is 1.31 bits per heavy atom. The van der Waals surface area contributed by atoms with Crippen molar-refractivity contribution in [2.24, 2.45) is 5.92 Å². The van der Waals surface area contributed by atoms with Crippen LogP contribution in [0.25, 0.3) is 0 Å². The number of nitrogen functional groups attached to an aromatic ring is 1. The van der Waals surface area contributed by atoms with Crippen LogP contribution in [0.3, 0.4) is 0 Å². The van der Waals surface area contributed by atoms with Crippen molar-refractivity contribution in [1.29, 1.82) is 0 Å². The van der Waals surface area contributed by atoms with Crippen molar-refractivity contribution in [2.45, 2.75) is 51.7 Å². The Labute approximate surface area is 153 Å². The number of nitrogens with two attached hydrogens (primary N) is 1. The minimum absolute atomic E-state index is 0.0453. The molecule has 0 unspecified atom stereocenters. The first-order chi connectivity index (χ1) is 12.4. The molecule has 2 heterocycles. The molecule has 2 aromatic heterocycles. The van der Waals surface area contributed by atoms with Gasteiger partial charge < -0.3 is 16.2 Å². The molecule has 3 rings (SSSR count). The third-order valence-corrected chi connectivity index (χ3v) is 5.00. The zero-order valence-corrected chi connectivity index (χ0v) is 15.1. The van der Waals surface area contributed by atoms with E-state index < -0.39 is 0 Å². The lowest BCUT2D eigenvalue weighted by Gasteiger charge is -2.38. The zero-order chi connectivity index (χ0) is 18.7. The normalized spacial score (nSPS) is 20.3. The number of rotatable bonds is 6. The van der Waals surface area contributed by atoms with Crippen LogP contribution in [0, 0.1) is 19.8 Å². The highest BCUT2D eigenvalue weighted by molar-refractivity contribution is 5.79. The third kappa shape index (κ3) is 4.35. The Hall–Kier alpha value is -2.54. The summed E-state index contributed by atoms with van der Waals surface area (Å²) in [4.78, 5) is 25.3. The van der Waals surface area contributed by atoms with E-state index in [1.165, 1.54) is 0 Å². The van der Waals surface area contributed by atoms with Crippen molar-refractivity contribution in [1.82, 2.24) is 20.3 Å². The van der Waals surface area contributed by atoms with Crippen LogP contribution >= 0.6 is 0 Å². The smallest absolute Gasteiger partial charge is 0.224 e. The molecule has 1 aliphatic rings. The third-order valence-electron chi connectivity index (χ3n) is 5.00. The highest BCUT2D eigenvalue weighted by Crippen LogP contribution is 2.31. The highest BCUT2D eigenvalue weighted by Gasteiger charge is 2.35. The van der Waals surface area contributed by atoms with Crippen molar-refractivity contribution in [2.75, 3.05) is 5.73 Å². The van der Waals surface area contributed by atoms with Gasteiger partial charge >= 0.3 is 0 Å². The van der Waals surface area contributed by atoms with Gasteiger partial charge in [0, 0.05) is 41.3 Å². The number of hydrogen-bond donors (Lipinski definition) is 3. The molecule has 1 aliphatic carbocycles. The van der Waals surface area contributed by atoms with Crippen molar-refractivity contribution in [3.8, 4) is 0 Å². The largest absolute Gasteiger partial charge is 0.393 e. The lowest BCUT2D eigenvalue weighted by molar-refractivity contribution is -0.122. The van der Waals surface area contributed by atoms with Gasteiger partial charge in [0.25, 0.3) is 0 Å². The number of pyridine rings is 1. The highest BCUT2D eigenvalue weighted by atomic mass is 16.3. The average molecular weight is 355 g/mol. The summed E-state index contributed by atoms with van der Waals surface area (Å²) in [6.07, 6.45) is 3.77. The summed E-state index contributed by atoms with van der Waals surface area (Å²) in [6.45, 7) is 3.67. The first-order valence-electron chi connectivity index (χ1n) is 8.89. The first-order valence-corrected chi connectivity index (χ1v) is 8.89. The van der Waals surface area contributed by atoms with Crippen LogP contribution in [-0.4, -0.2) is 38.1 Å². The molecular formula is C19H25N5O2. The van der Waals surface area contributed by atoms with E-state index in [0.717, 1.165) is 22.6 Å². The predicted molar refractivity (Wildman–Crippen MR) is 98.2 cm³/mol. The number of carbonyl (C=O) groups is 1. The fourth-order valence-electron chi connectivity index (χ4n) is 3.48. The van der Waals surface area contributed by atoms with E-state index in [2.05, 4.69) is 20.3 Å². The van der Waals surface area contributed by atoms with Gasteiger partial charge in [0.2, 0.25) is 11.9 Å². The molecule has 4 N–H and O–H groups in total. The number of aromatic nitrogens is 3. The van der Waals surface area contributed by atoms with Crippen LogP contribution in [-0.2, 0) is 17.6 Å². The number of aliphatic hydroxyl groups excluding tert-OH is 1. The molecule has 0 saturated heterocycles. The molecule has 7 heteroatoms. The van der Waals surface area contributed by atoms with E-state index >= 15 is 0 Å². The number of anilines is 1. The van der Waals surface area contributed by atoms with Gasteiger partial charge in [-0.15, -0.1) is 0 Å². The zero-order valence-electron chi connectivity index (χ0n) is 15.1. The van der Waals surface area contributed by atoms with Crippen LogP contribution in [0.15, 0.2) is 24.4 Å². The number of hydrogen-bond acceptors (Lipinski definition) is 6. The van der Waals surface area contributed by atoms with Crippen LogP contribution in [0.4, 0.5) is 5.95 Å². The van der Waals surface area contributed by atoms with Crippen LogP contribution < -0.4 is 11.1 Å². The molecule has 0 spiro atoms. The van der Waals surface area contributed by atoms with Gasteiger partial charge in [-0.3, -0.25) is 9.78 Å². The van der Waals surface area contributed by atoms with Gasteiger partial charge in [0.15, 0.2) is 0 Å². The molecule has 1 fully saturated rings. The number of aryl methyl sites for hydroxylation is 2. The van der Waals surface area contributed by atoms with E-state index in [4.69, 9.17) is 5.73 Å². The van der Waals surface area contributed by atoms with E-state index in [1.807, 2.05) is 32.0 Å². The fourth-order valence-corrected chi connectivity index (χ4v) is 3.48. The molecule has 0 radical (unpaired) electrons. The van der Waals surface area contributed by atoms with Gasteiger partial charge in [-0.05, 0) is 44.7 Å². The topological polar surface area (TPSA) is 114 Å². The van der Waals surface area contributed by atoms with Crippen molar-refractivity contribution >= 4 is 11.9 Å². The summed E-state index contributed by atoms with van der Waals surface area (Å²) in [5.74, 6) is 0.411. The maximum absolute atomic E-state index is 12.6. The molecule has 1 atom stereocenters. The average Bonchev–Trinajstić information content (AvgIpc) is 2.55. The summed E-state index contributed by atoms with van der Waals surface area (Å²) in [5.41, 5.74) is 8.85. The van der Waals surface area contributed by atoms with Crippen molar-refractivity contribution < 1.29 is 9.90 Å². The molecule has 0 aromatic carbocycles. The summed E-state index contributed by atoms with van der Waals surface area (Å²) in [5, 5.41) is 12.8. The minimum atomic E-state index is -0.266. The number of nitrogens with one attached hydrogen (secondary N) is 1. The monoisotopic (exact) mass is 355 g/mol. The second-order valence-electron chi connectivity index (χ2n) is 6.99. The first kappa shape index (κ1) is 18.3. The molecule has 1 saturated carbocycles. The van der Waals surface area contributed by atoms with Gasteiger partial charge in [-0.1, -0.05) is 6.07 Å². The predicted octanol–water partition coefficient (Wildman–Crippen LogP) is 1.11. The van der Waals surface area contributed by atoms with E-state index in [9.17, 15) is 9.90 Å². The van der Waals surface area contributed by atoms with Gasteiger partial charge in [-0.25, -0.2) is 9.97 Å². The molecular weight excluding hydrogens is 330 g/mol. The summed E-state index contributed by atoms with van der Waals surface area (Å²) in [6, 6.07) is 5.72. The minimum Gasteiger partial charge on any atom is -0.393 e. The van der Waals surface area contributed by atoms with Crippen molar-refractivity contribution in [3.63, 3.8) is 0 Å². The summed E-state index contributed by atoms with van der Waals surface area (Å²) in [7, 11) is 0. The molecule has 1 amide bonds. The Morgan fingerprint density at radius 2 is 2.00 bits per heavy atom. The Bertz CT molecular complexity index is 752. The SMILES string of the molecule is Cc1nc(N)nc(C)c1CC(=O)N[C@H](Cc1ccccn1)C1CC(O)C1. The fraction of sp³-hybridized carbons (Fsp3) is 0.474.